The third kappa shape index (κ3) is 4.92. The number of esters is 2. The minimum Gasteiger partial charge on any atom is -0.493 e. The minimum absolute atomic E-state index is 0.326. The highest BCUT2D eigenvalue weighted by Crippen LogP contribution is 2.50. The summed E-state index contributed by atoms with van der Waals surface area (Å²) < 4.78 is 26.9. The highest BCUT2D eigenvalue weighted by Gasteiger charge is 2.54. The maximum Gasteiger partial charge on any atom is 0.336 e. The second-order valence-electron chi connectivity index (χ2n) is 9.19. The van der Waals surface area contributed by atoms with Crippen LogP contribution in [0.15, 0.2) is 59.1 Å². The first-order chi connectivity index (χ1) is 18.7. The molecule has 39 heavy (non-hydrogen) atoms. The Morgan fingerprint density at radius 3 is 2.13 bits per heavy atom. The molecule has 9 nitrogen and oxygen atoms in total. The van der Waals surface area contributed by atoms with Crippen LogP contribution in [0.3, 0.4) is 0 Å². The summed E-state index contributed by atoms with van der Waals surface area (Å²) in [5.41, 5.74) is 2.24. The molecule has 0 radical (unpaired) electrons. The number of rotatable bonds is 8. The van der Waals surface area contributed by atoms with Crippen LogP contribution in [-0.4, -0.2) is 52.5 Å². The van der Waals surface area contributed by atoms with Crippen LogP contribution in [-0.2, 0) is 24.6 Å². The Morgan fingerprint density at radius 1 is 0.949 bits per heavy atom. The summed E-state index contributed by atoms with van der Waals surface area (Å²) in [7, 11) is 7.30. The molecule has 206 valence electrons. The Labute approximate surface area is 231 Å². The summed E-state index contributed by atoms with van der Waals surface area (Å²) in [5.74, 6) is -1.15. The van der Waals surface area contributed by atoms with Gasteiger partial charge in [0.2, 0.25) is 5.75 Å². The molecule has 0 spiro atoms. The van der Waals surface area contributed by atoms with Crippen molar-refractivity contribution in [3.8, 4) is 28.5 Å². The van der Waals surface area contributed by atoms with E-state index in [2.05, 4.69) is 5.32 Å². The number of carbonyl (C=O) groups is 2. The first kappa shape index (κ1) is 28.0. The summed E-state index contributed by atoms with van der Waals surface area (Å²) in [4.78, 5) is 31.6. The number of thiazole rings is 1. The van der Waals surface area contributed by atoms with Gasteiger partial charge in [0, 0.05) is 16.6 Å². The lowest BCUT2D eigenvalue weighted by Crippen LogP contribution is -2.55. The average molecular weight is 553 g/mol. The molecule has 3 aromatic rings. The van der Waals surface area contributed by atoms with Gasteiger partial charge in [-0.05, 0) is 31.5 Å². The fourth-order valence-electron chi connectivity index (χ4n) is 5.25. The quantitative estimate of drug-likeness (QED) is 0.399. The maximum absolute atomic E-state index is 13.5. The third-order valence-corrected chi connectivity index (χ3v) is 8.03. The molecule has 3 atom stereocenters. The Kier molecular flexibility index (Phi) is 8.15. The van der Waals surface area contributed by atoms with Crippen molar-refractivity contribution in [3.63, 3.8) is 0 Å². The van der Waals surface area contributed by atoms with E-state index in [-0.39, 0.29) is 0 Å². The molecule has 10 heteroatoms. The van der Waals surface area contributed by atoms with E-state index in [4.69, 9.17) is 28.7 Å². The molecule has 4 rings (SSSR count). The number of methoxy groups -OCH3 is 5. The van der Waals surface area contributed by atoms with E-state index >= 15 is 0 Å². The Bertz CT molecular complexity index is 1380. The van der Waals surface area contributed by atoms with Crippen LogP contribution in [0.25, 0.3) is 11.3 Å². The van der Waals surface area contributed by atoms with E-state index in [1.54, 1.807) is 26.4 Å². The largest absolute Gasteiger partial charge is 0.493 e. The van der Waals surface area contributed by atoms with E-state index < -0.39 is 29.3 Å². The van der Waals surface area contributed by atoms with Gasteiger partial charge in [-0.2, -0.15) is 0 Å². The van der Waals surface area contributed by atoms with Gasteiger partial charge in [-0.1, -0.05) is 30.3 Å². The fraction of sp³-hybridized carbons (Fsp3) is 0.345. The molecular formula is C29H32N2O7S. The summed E-state index contributed by atoms with van der Waals surface area (Å²) in [6, 6.07) is 13.2. The molecule has 1 N–H and O–H groups in total. The second kappa shape index (κ2) is 11.4. The average Bonchev–Trinajstić information content (AvgIpc) is 3.45. The lowest BCUT2D eigenvalue weighted by molar-refractivity contribution is -0.150. The topological polar surface area (TPSA) is 105 Å². The fourth-order valence-corrected chi connectivity index (χ4v) is 6.22. The van der Waals surface area contributed by atoms with Crippen molar-refractivity contribution in [3.05, 3.63) is 69.7 Å². The molecule has 0 amide bonds. The van der Waals surface area contributed by atoms with Crippen molar-refractivity contribution >= 4 is 23.3 Å². The summed E-state index contributed by atoms with van der Waals surface area (Å²) in [6.45, 7) is 3.74. The maximum atomic E-state index is 13.5. The van der Waals surface area contributed by atoms with Crippen molar-refractivity contribution < 1.29 is 33.3 Å². The van der Waals surface area contributed by atoms with Gasteiger partial charge < -0.3 is 29.0 Å². The molecular weight excluding hydrogens is 520 g/mol. The monoisotopic (exact) mass is 552 g/mol. The smallest absolute Gasteiger partial charge is 0.336 e. The van der Waals surface area contributed by atoms with Gasteiger partial charge in [-0.15, -0.1) is 11.3 Å². The van der Waals surface area contributed by atoms with Gasteiger partial charge in [0.1, 0.15) is 5.01 Å². The van der Waals surface area contributed by atoms with Crippen LogP contribution in [0.1, 0.15) is 30.3 Å². The number of benzene rings is 2. The van der Waals surface area contributed by atoms with Gasteiger partial charge in [0.25, 0.3) is 0 Å². The Hall–Kier alpha value is -4.05. The van der Waals surface area contributed by atoms with E-state index in [1.165, 1.54) is 32.7 Å². The summed E-state index contributed by atoms with van der Waals surface area (Å²) in [6.07, 6.45) is 0. The number of nitrogens with zero attached hydrogens (tertiary/aromatic N) is 1. The number of nitrogens with one attached hydrogen (secondary N) is 1. The van der Waals surface area contributed by atoms with Crippen LogP contribution < -0.4 is 19.5 Å². The van der Waals surface area contributed by atoms with E-state index in [9.17, 15) is 9.59 Å². The standard InChI is InChI=1S/C29H32N2O7S/c1-16-22(27(32)37-6)23(24(28(33)38-7)29(2,31-16)18-11-9-8-10-12-18)26-30-19(15-39-26)17-13-20(34-3)25(36-5)21(14-17)35-4/h8-15,23-24,31H,1-7H3. The molecule has 0 saturated carbocycles. The summed E-state index contributed by atoms with van der Waals surface area (Å²) >= 11 is 1.35. The Balaban J connectivity index is 1.92. The predicted octanol–water partition coefficient (Wildman–Crippen LogP) is 4.67. The van der Waals surface area contributed by atoms with E-state index in [1.807, 2.05) is 49.6 Å². The van der Waals surface area contributed by atoms with Crippen molar-refractivity contribution in [1.29, 1.82) is 0 Å². The van der Waals surface area contributed by atoms with Gasteiger partial charge >= 0.3 is 11.9 Å². The number of ether oxygens (including phenoxy) is 5. The molecule has 3 unspecified atom stereocenters. The third-order valence-electron chi connectivity index (χ3n) is 7.10. The number of hydrogen-bond acceptors (Lipinski definition) is 10. The summed E-state index contributed by atoms with van der Waals surface area (Å²) in [5, 5.41) is 5.87. The Morgan fingerprint density at radius 2 is 1.59 bits per heavy atom. The first-order valence-electron chi connectivity index (χ1n) is 12.2. The molecule has 0 bridgehead atoms. The normalized spacial score (nSPS) is 20.6. The number of hydrogen-bond donors (Lipinski definition) is 1. The molecule has 1 aliphatic rings. The minimum atomic E-state index is -0.904. The zero-order chi connectivity index (χ0) is 28.3. The highest BCUT2D eigenvalue weighted by molar-refractivity contribution is 7.10. The number of allylic oxidation sites excluding steroid dienone is 1. The van der Waals surface area contributed by atoms with Crippen LogP contribution >= 0.6 is 11.3 Å². The predicted molar refractivity (Wildman–Crippen MR) is 147 cm³/mol. The molecule has 2 aromatic carbocycles. The molecule has 1 aromatic heterocycles. The molecule has 1 aliphatic heterocycles. The van der Waals surface area contributed by atoms with Gasteiger partial charge in [-0.25, -0.2) is 9.78 Å². The zero-order valence-electron chi connectivity index (χ0n) is 23.0. The number of carbonyl (C=O) groups excluding carboxylic acids is 2. The molecule has 0 saturated heterocycles. The lowest BCUT2D eigenvalue weighted by atomic mass is 9.67. The highest BCUT2D eigenvalue weighted by atomic mass is 32.1. The van der Waals surface area contributed by atoms with E-state index in [0.717, 1.165) is 11.1 Å². The zero-order valence-corrected chi connectivity index (χ0v) is 23.8. The van der Waals surface area contributed by atoms with Gasteiger partial charge in [0.15, 0.2) is 11.5 Å². The van der Waals surface area contributed by atoms with Crippen LogP contribution in [0, 0.1) is 5.92 Å². The number of aromatic nitrogens is 1. The lowest BCUT2D eigenvalue weighted by Gasteiger charge is -2.46. The molecule has 0 fully saturated rings. The van der Waals surface area contributed by atoms with Crippen molar-refractivity contribution in [2.24, 2.45) is 5.92 Å². The van der Waals surface area contributed by atoms with Crippen LogP contribution in [0.5, 0.6) is 17.2 Å². The van der Waals surface area contributed by atoms with Gasteiger partial charge in [0.05, 0.1) is 64.2 Å². The van der Waals surface area contributed by atoms with Crippen LogP contribution in [0.2, 0.25) is 0 Å². The van der Waals surface area contributed by atoms with Crippen molar-refractivity contribution in [2.45, 2.75) is 25.3 Å². The molecule has 2 heterocycles. The second-order valence-corrected chi connectivity index (χ2v) is 10.1. The SMILES string of the molecule is COC(=O)C1=C(C)NC(C)(c2ccccc2)C(C(=O)OC)C1c1nc(-c2cc(OC)c(OC)c(OC)c2)cs1. The van der Waals surface area contributed by atoms with Crippen molar-refractivity contribution in [1.82, 2.24) is 10.3 Å². The van der Waals surface area contributed by atoms with Gasteiger partial charge in [-0.3, -0.25) is 4.79 Å². The first-order valence-corrected chi connectivity index (χ1v) is 13.1. The van der Waals surface area contributed by atoms with E-state index in [0.29, 0.717) is 39.2 Å². The molecule has 0 aliphatic carbocycles. The van der Waals surface area contributed by atoms with Crippen LogP contribution in [0.4, 0.5) is 0 Å². The van der Waals surface area contributed by atoms with Crippen molar-refractivity contribution in [2.75, 3.05) is 35.5 Å².